The summed E-state index contributed by atoms with van der Waals surface area (Å²) in [6.45, 7) is 5.48. The maximum Gasteiger partial charge on any atom is 0.247 e. The molecule has 2 aromatic rings. The van der Waals surface area contributed by atoms with Gasteiger partial charge in [-0.1, -0.05) is 0 Å². The predicted octanol–water partition coefficient (Wildman–Crippen LogP) is 0.789. The maximum atomic E-state index is 12.7. The summed E-state index contributed by atoms with van der Waals surface area (Å²) in [5.74, 6) is 0.689. The summed E-state index contributed by atoms with van der Waals surface area (Å²) >= 11 is 0. The zero-order chi connectivity index (χ0) is 17.3. The molecule has 2 N–H and O–H groups in total. The largest absolute Gasteiger partial charge is 0.389 e. The van der Waals surface area contributed by atoms with Gasteiger partial charge in [0.05, 0.1) is 18.2 Å². The molecule has 0 radical (unpaired) electrons. The lowest BCUT2D eigenvalue weighted by Crippen LogP contribution is -2.54. The minimum atomic E-state index is -0.867. The van der Waals surface area contributed by atoms with E-state index in [4.69, 9.17) is 0 Å². The van der Waals surface area contributed by atoms with E-state index in [2.05, 4.69) is 20.4 Å². The molecule has 0 saturated heterocycles. The Morgan fingerprint density at radius 1 is 1.42 bits per heavy atom. The van der Waals surface area contributed by atoms with Gasteiger partial charge in [-0.3, -0.25) is 4.79 Å². The number of imidazole rings is 1. The Bertz CT molecular complexity index is 693. The van der Waals surface area contributed by atoms with Gasteiger partial charge in [0.25, 0.3) is 0 Å². The fourth-order valence-corrected chi connectivity index (χ4v) is 3.30. The summed E-state index contributed by atoms with van der Waals surface area (Å²) in [7, 11) is 0. The van der Waals surface area contributed by atoms with Gasteiger partial charge in [0.2, 0.25) is 5.91 Å². The standard InChI is InChI=1S/C16H24N6O2/c1-11-18-7-8-21(11)13-6-4-5-12(14(13)23)20-15(24)16(2,3)22-10-17-9-19-22/h7-10,12-14,23H,4-6H2,1-3H3,(H,20,24)/t12-,13-,14-/m1/s1. The summed E-state index contributed by atoms with van der Waals surface area (Å²) in [4.78, 5) is 20.8. The first-order valence-corrected chi connectivity index (χ1v) is 8.25. The van der Waals surface area contributed by atoms with Crippen molar-refractivity contribution in [1.82, 2.24) is 29.6 Å². The highest BCUT2D eigenvalue weighted by Crippen LogP contribution is 2.30. The van der Waals surface area contributed by atoms with Gasteiger partial charge in [0, 0.05) is 12.4 Å². The van der Waals surface area contributed by atoms with Crippen molar-refractivity contribution in [2.24, 2.45) is 0 Å². The van der Waals surface area contributed by atoms with Crippen LogP contribution in [0, 0.1) is 6.92 Å². The van der Waals surface area contributed by atoms with Crippen LogP contribution in [0.3, 0.4) is 0 Å². The van der Waals surface area contributed by atoms with Crippen molar-refractivity contribution in [3.63, 3.8) is 0 Å². The SMILES string of the molecule is Cc1nccn1[C@@H]1CCC[C@@H](NC(=O)C(C)(C)n2cncn2)[C@H]1O. The molecule has 0 aromatic carbocycles. The Morgan fingerprint density at radius 3 is 2.83 bits per heavy atom. The lowest BCUT2D eigenvalue weighted by molar-refractivity contribution is -0.131. The fourth-order valence-electron chi connectivity index (χ4n) is 3.30. The van der Waals surface area contributed by atoms with Crippen LogP contribution in [0.2, 0.25) is 0 Å². The van der Waals surface area contributed by atoms with Crippen molar-refractivity contribution < 1.29 is 9.90 Å². The molecule has 2 aromatic heterocycles. The van der Waals surface area contributed by atoms with Gasteiger partial charge in [-0.05, 0) is 40.0 Å². The highest BCUT2D eigenvalue weighted by atomic mass is 16.3. The summed E-state index contributed by atoms with van der Waals surface area (Å²) < 4.78 is 3.51. The van der Waals surface area contributed by atoms with Crippen LogP contribution in [-0.4, -0.2) is 47.5 Å². The predicted molar refractivity (Wildman–Crippen MR) is 87.1 cm³/mol. The van der Waals surface area contributed by atoms with E-state index in [0.717, 1.165) is 25.1 Å². The fraction of sp³-hybridized carbons (Fsp3) is 0.625. The van der Waals surface area contributed by atoms with Crippen molar-refractivity contribution in [2.75, 3.05) is 0 Å². The monoisotopic (exact) mass is 332 g/mol. The number of carbonyl (C=O) groups excluding carboxylic acids is 1. The zero-order valence-corrected chi connectivity index (χ0v) is 14.3. The Balaban J connectivity index is 1.73. The topological polar surface area (TPSA) is 97.9 Å². The third-order valence-corrected chi connectivity index (χ3v) is 4.90. The first-order chi connectivity index (χ1) is 11.4. The molecule has 0 unspecified atom stereocenters. The number of aliphatic hydroxyl groups excluding tert-OH is 1. The van der Waals surface area contributed by atoms with Crippen LogP contribution in [0.4, 0.5) is 0 Å². The zero-order valence-electron chi connectivity index (χ0n) is 14.3. The Hall–Kier alpha value is -2.22. The summed E-state index contributed by atoms with van der Waals surface area (Å²) in [5.41, 5.74) is -0.867. The molecule has 0 spiro atoms. The Morgan fingerprint density at radius 2 is 2.21 bits per heavy atom. The van der Waals surface area contributed by atoms with Crippen molar-refractivity contribution in [1.29, 1.82) is 0 Å². The molecule has 3 atom stereocenters. The molecule has 1 aliphatic carbocycles. The van der Waals surface area contributed by atoms with Gasteiger partial charge in [0.15, 0.2) is 0 Å². The summed E-state index contributed by atoms with van der Waals surface area (Å²) in [5, 5.41) is 17.8. The van der Waals surface area contributed by atoms with Crippen molar-refractivity contribution in [3.8, 4) is 0 Å². The minimum absolute atomic E-state index is 0.0685. The van der Waals surface area contributed by atoms with Crippen LogP contribution in [0.15, 0.2) is 25.0 Å². The maximum absolute atomic E-state index is 12.7. The average Bonchev–Trinajstić information content (AvgIpc) is 3.21. The smallest absolute Gasteiger partial charge is 0.247 e. The molecule has 8 nitrogen and oxygen atoms in total. The molecule has 1 fully saturated rings. The van der Waals surface area contributed by atoms with Gasteiger partial charge in [0.1, 0.15) is 24.0 Å². The number of aromatic nitrogens is 5. The molecular formula is C16H24N6O2. The normalized spacial score (nSPS) is 24.8. The first kappa shape index (κ1) is 16.6. The van der Waals surface area contributed by atoms with Gasteiger partial charge >= 0.3 is 0 Å². The minimum Gasteiger partial charge on any atom is -0.389 e. The van der Waals surface area contributed by atoms with E-state index >= 15 is 0 Å². The number of aryl methyl sites for hydroxylation is 1. The summed E-state index contributed by atoms with van der Waals surface area (Å²) in [6, 6.07) is -0.359. The van der Waals surface area contributed by atoms with E-state index in [-0.39, 0.29) is 18.0 Å². The lowest BCUT2D eigenvalue weighted by atomic mass is 9.87. The van der Waals surface area contributed by atoms with E-state index in [0.29, 0.717) is 0 Å². The number of rotatable bonds is 4. The number of amides is 1. The summed E-state index contributed by atoms with van der Waals surface area (Å²) in [6.07, 6.45) is 8.46. The quantitative estimate of drug-likeness (QED) is 0.862. The highest BCUT2D eigenvalue weighted by Gasteiger charge is 2.38. The van der Waals surface area contributed by atoms with E-state index in [1.165, 1.54) is 17.3 Å². The molecular weight excluding hydrogens is 308 g/mol. The molecule has 0 aliphatic heterocycles. The average molecular weight is 332 g/mol. The van der Waals surface area contributed by atoms with Crippen LogP contribution in [0.5, 0.6) is 0 Å². The number of aliphatic hydroxyl groups is 1. The molecule has 0 bridgehead atoms. The third-order valence-electron chi connectivity index (χ3n) is 4.90. The molecule has 24 heavy (non-hydrogen) atoms. The van der Waals surface area contributed by atoms with Gasteiger partial charge < -0.3 is 15.0 Å². The van der Waals surface area contributed by atoms with Crippen molar-refractivity contribution in [2.45, 2.75) is 63.8 Å². The molecule has 1 saturated carbocycles. The van der Waals surface area contributed by atoms with Gasteiger partial charge in [-0.15, -0.1) is 0 Å². The van der Waals surface area contributed by atoms with E-state index in [1.807, 2.05) is 17.7 Å². The Labute approximate surface area is 140 Å². The van der Waals surface area contributed by atoms with E-state index in [1.54, 1.807) is 20.0 Å². The molecule has 2 heterocycles. The van der Waals surface area contributed by atoms with Crippen LogP contribution in [-0.2, 0) is 10.3 Å². The van der Waals surface area contributed by atoms with Gasteiger partial charge in [-0.2, -0.15) is 5.10 Å². The number of nitrogens with zero attached hydrogens (tertiary/aromatic N) is 5. The second-order valence-corrected chi connectivity index (χ2v) is 6.85. The number of hydrogen-bond donors (Lipinski definition) is 2. The number of nitrogens with one attached hydrogen (secondary N) is 1. The van der Waals surface area contributed by atoms with Crippen molar-refractivity contribution >= 4 is 5.91 Å². The first-order valence-electron chi connectivity index (χ1n) is 8.25. The third kappa shape index (κ3) is 2.93. The molecule has 1 aliphatic rings. The van der Waals surface area contributed by atoms with Crippen LogP contribution < -0.4 is 5.32 Å². The molecule has 1 amide bonds. The van der Waals surface area contributed by atoms with Crippen LogP contribution in [0.1, 0.15) is 45.0 Å². The van der Waals surface area contributed by atoms with E-state index in [9.17, 15) is 9.90 Å². The second-order valence-electron chi connectivity index (χ2n) is 6.85. The van der Waals surface area contributed by atoms with Gasteiger partial charge in [-0.25, -0.2) is 14.6 Å². The number of hydrogen-bond acceptors (Lipinski definition) is 5. The van der Waals surface area contributed by atoms with Crippen molar-refractivity contribution in [3.05, 3.63) is 30.9 Å². The van der Waals surface area contributed by atoms with Crippen LogP contribution >= 0.6 is 0 Å². The highest BCUT2D eigenvalue weighted by molar-refractivity contribution is 5.83. The lowest BCUT2D eigenvalue weighted by Gasteiger charge is -2.37. The molecule has 130 valence electrons. The van der Waals surface area contributed by atoms with Crippen LogP contribution in [0.25, 0.3) is 0 Å². The molecule has 8 heteroatoms. The number of carbonyl (C=O) groups is 1. The van der Waals surface area contributed by atoms with E-state index < -0.39 is 11.6 Å². The second kappa shape index (κ2) is 6.35. The Kier molecular flexibility index (Phi) is 4.40. The molecule has 3 rings (SSSR count).